The van der Waals surface area contributed by atoms with Crippen LogP contribution in [0.1, 0.15) is 46.2 Å². The maximum absolute atomic E-state index is 13.7. The molecule has 0 unspecified atom stereocenters. The number of aromatic nitrogens is 1. The lowest BCUT2D eigenvalue weighted by atomic mass is 9.85. The quantitative estimate of drug-likeness (QED) is 0.254. The highest BCUT2D eigenvalue weighted by atomic mass is 32.1. The maximum Gasteiger partial charge on any atom is 0.471 e. The molecular formula is C23H31F4N5O3S. The Morgan fingerprint density at radius 3 is 2.31 bits per heavy atom. The van der Waals surface area contributed by atoms with Crippen LogP contribution in [0, 0.1) is 28.5 Å². The summed E-state index contributed by atoms with van der Waals surface area (Å²) >= 11 is 4.20. The summed E-state index contributed by atoms with van der Waals surface area (Å²) in [4.78, 5) is 43.8. The molecule has 3 amide bonds. The number of rotatable bonds is 6. The average Bonchev–Trinajstić information content (AvgIpc) is 3.08. The smallest absolute Gasteiger partial charge is 0.345 e. The Kier molecular flexibility index (Phi) is 7.41. The molecule has 0 radical (unpaired) electrons. The fraction of sp³-hybridized carbons (Fsp3) is 0.652. The van der Waals surface area contributed by atoms with Gasteiger partial charge in [-0.15, -0.1) is 0 Å². The van der Waals surface area contributed by atoms with E-state index in [-0.39, 0.29) is 29.4 Å². The second kappa shape index (κ2) is 9.47. The van der Waals surface area contributed by atoms with E-state index in [1.54, 1.807) is 5.32 Å². The van der Waals surface area contributed by atoms with Gasteiger partial charge in [-0.3, -0.25) is 19.4 Å². The van der Waals surface area contributed by atoms with Crippen LogP contribution < -0.4 is 16.4 Å². The number of thiol groups is 1. The summed E-state index contributed by atoms with van der Waals surface area (Å²) in [5, 5.41) is 3.58. The van der Waals surface area contributed by atoms with Crippen molar-refractivity contribution in [1.82, 2.24) is 20.5 Å². The molecule has 1 aromatic heterocycles. The molecule has 200 valence electrons. The predicted molar refractivity (Wildman–Crippen MR) is 126 cm³/mol. The van der Waals surface area contributed by atoms with Crippen molar-refractivity contribution in [3.05, 3.63) is 29.8 Å². The van der Waals surface area contributed by atoms with Crippen LogP contribution in [0.4, 0.5) is 17.6 Å². The van der Waals surface area contributed by atoms with Crippen molar-refractivity contribution in [3.8, 4) is 0 Å². The van der Waals surface area contributed by atoms with Gasteiger partial charge in [0.1, 0.15) is 17.9 Å². The van der Waals surface area contributed by atoms with Crippen molar-refractivity contribution >= 4 is 30.4 Å². The van der Waals surface area contributed by atoms with E-state index in [1.165, 1.54) is 31.9 Å². The van der Waals surface area contributed by atoms with Gasteiger partial charge in [0.15, 0.2) is 0 Å². The van der Waals surface area contributed by atoms with Crippen LogP contribution >= 0.6 is 12.6 Å². The van der Waals surface area contributed by atoms with E-state index in [0.717, 1.165) is 12.3 Å². The first-order chi connectivity index (χ1) is 16.4. The van der Waals surface area contributed by atoms with Gasteiger partial charge >= 0.3 is 12.1 Å². The number of pyridine rings is 1. The van der Waals surface area contributed by atoms with Crippen molar-refractivity contribution in [2.75, 3.05) is 6.54 Å². The number of piperidine rings is 1. The molecule has 1 saturated heterocycles. The molecule has 2 heterocycles. The highest BCUT2D eigenvalue weighted by Gasteiger charge is 2.70. The number of carbonyl (C=O) groups excluding carboxylic acids is 3. The molecule has 36 heavy (non-hydrogen) atoms. The van der Waals surface area contributed by atoms with Gasteiger partial charge in [-0.1, -0.05) is 34.6 Å². The first-order valence-electron chi connectivity index (χ1n) is 11.4. The van der Waals surface area contributed by atoms with Crippen LogP contribution in [0.15, 0.2) is 18.5 Å². The average molecular weight is 534 g/mol. The Morgan fingerprint density at radius 2 is 1.81 bits per heavy atom. The van der Waals surface area contributed by atoms with Gasteiger partial charge in [0.25, 0.3) is 0 Å². The van der Waals surface area contributed by atoms with Gasteiger partial charge < -0.3 is 21.3 Å². The third-order valence-corrected chi connectivity index (χ3v) is 7.43. The Hall–Kier alpha value is -2.41. The predicted octanol–water partition coefficient (Wildman–Crippen LogP) is 2.17. The molecule has 1 aliphatic heterocycles. The fourth-order valence-corrected chi connectivity index (χ4v) is 5.29. The van der Waals surface area contributed by atoms with Crippen molar-refractivity contribution in [3.63, 3.8) is 0 Å². The summed E-state index contributed by atoms with van der Waals surface area (Å²) < 4.78 is 52.7. The van der Waals surface area contributed by atoms with Crippen molar-refractivity contribution in [2.24, 2.45) is 28.4 Å². The highest BCUT2D eigenvalue weighted by Crippen LogP contribution is 2.65. The number of alkyl halides is 3. The molecule has 1 aromatic rings. The molecule has 6 atom stereocenters. The molecule has 0 aromatic carbocycles. The van der Waals surface area contributed by atoms with E-state index >= 15 is 0 Å². The van der Waals surface area contributed by atoms with E-state index in [4.69, 9.17) is 5.73 Å². The van der Waals surface area contributed by atoms with Crippen LogP contribution in [0.5, 0.6) is 0 Å². The normalized spacial score (nSPS) is 25.4. The third kappa shape index (κ3) is 5.46. The highest BCUT2D eigenvalue weighted by molar-refractivity contribution is 7.80. The van der Waals surface area contributed by atoms with Crippen molar-refractivity contribution in [1.29, 1.82) is 0 Å². The first kappa shape index (κ1) is 28.2. The fourth-order valence-electron chi connectivity index (χ4n) is 5.04. The maximum atomic E-state index is 13.7. The Balaban J connectivity index is 1.90. The number of nitrogens with zero attached hydrogens (tertiary/aromatic N) is 2. The number of nitrogens with one attached hydrogen (secondary N) is 2. The molecule has 13 heteroatoms. The molecule has 1 aliphatic carbocycles. The number of likely N-dealkylation sites (tertiary alicyclic amines) is 1. The summed E-state index contributed by atoms with van der Waals surface area (Å²) in [6.07, 6.45) is -2.86. The molecule has 0 spiro atoms. The number of hydrogen-bond donors (Lipinski definition) is 4. The van der Waals surface area contributed by atoms with Crippen molar-refractivity contribution < 1.29 is 31.9 Å². The van der Waals surface area contributed by atoms with E-state index in [1.807, 2.05) is 13.8 Å². The molecule has 4 N–H and O–H groups in total. The molecule has 0 bridgehead atoms. The Labute approximate surface area is 212 Å². The first-order valence-corrected chi connectivity index (χ1v) is 11.9. The van der Waals surface area contributed by atoms with Gasteiger partial charge in [0.05, 0.1) is 17.6 Å². The molecule has 8 nitrogen and oxygen atoms in total. The minimum atomic E-state index is -5.18. The van der Waals surface area contributed by atoms with Crippen molar-refractivity contribution in [2.45, 2.75) is 64.3 Å². The number of carbonyl (C=O) groups is 3. The molecule has 3 rings (SSSR count). The van der Waals surface area contributed by atoms with Gasteiger partial charge in [0.2, 0.25) is 11.8 Å². The second-order valence-electron chi connectivity index (χ2n) is 11.1. The number of fused-ring (bicyclic) bond motifs is 1. The summed E-state index contributed by atoms with van der Waals surface area (Å²) in [6.45, 7) is 8.59. The molecule has 2 aliphatic rings. The number of amides is 3. The van der Waals surface area contributed by atoms with E-state index in [0.29, 0.717) is 0 Å². The Bertz CT molecular complexity index is 1040. The lowest BCUT2D eigenvalue weighted by Gasteiger charge is -2.38. The van der Waals surface area contributed by atoms with Crippen LogP contribution in [0.2, 0.25) is 0 Å². The summed E-state index contributed by atoms with van der Waals surface area (Å²) in [7, 11) is 0. The minimum Gasteiger partial charge on any atom is -0.345 e. The number of nitrogens with two attached hydrogens (primary N) is 1. The topological polar surface area (TPSA) is 117 Å². The van der Waals surface area contributed by atoms with E-state index < -0.39 is 58.6 Å². The SMILES string of the molecule is CC(C)(C)[C@H](NC(=O)C(F)(F)F)C(=O)N1C[C@H]2[C@@H]([C@H]1C(=O)N[C@@H](c1cncc(F)c1)[C@H](N)S)C2(C)C. The van der Waals surface area contributed by atoms with Crippen LogP contribution in [-0.2, 0) is 14.4 Å². The van der Waals surface area contributed by atoms with Gasteiger partial charge in [-0.2, -0.15) is 25.8 Å². The largest absolute Gasteiger partial charge is 0.471 e. The van der Waals surface area contributed by atoms with Crippen LogP contribution in [0.3, 0.4) is 0 Å². The lowest BCUT2D eigenvalue weighted by Crippen LogP contribution is -2.61. The second-order valence-corrected chi connectivity index (χ2v) is 11.7. The lowest BCUT2D eigenvalue weighted by molar-refractivity contribution is -0.176. The standard InChI is InChI=1S/C23H31F4N5O3S/c1-21(2,3)16(31-20(35)23(25,26)27)19(34)32-9-12-13(22(12,4)5)15(32)18(33)30-14(17(28)36)10-6-11(24)8-29-7-10/h6-8,12-17,36H,9,28H2,1-5H3,(H,30,33)(H,31,35)/t12-,13-,14-,15-,16+,17+/m0/s1. The summed E-state index contributed by atoms with van der Waals surface area (Å²) in [5.41, 5.74) is 4.82. The summed E-state index contributed by atoms with van der Waals surface area (Å²) in [6, 6.07) is -2.36. The van der Waals surface area contributed by atoms with Gasteiger partial charge in [-0.05, 0) is 34.3 Å². The third-order valence-electron chi connectivity index (χ3n) is 7.13. The monoisotopic (exact) mass is 533 g/mol. The minimum absolute atomic E-state index is 0.0601. The Morgan fingerprint density at radius 1 is 1.19 bits per heavy atom. The zero-order chi connectivity index (χ0) is 27.4. The molecule has 1 saturated carbocycles. The van der Waals surface area contributed by atoms with Crippen LogP contribution in [0.25, 0.3) is 0 Å². The van der Waals surface area contributed by atoms with Gasteiger partial charge in [-0.25, -0.2) is 4.39 Å². The molecular weight excluding hydrogens is 502 g/mol. The van der Waals surface area contributed by atoms with E-state index in [2.05, 4.69) is 22.9 Å². The molecule has 2 fully saturated rings. The van der Waals surface area contributed by atoms with E-state index in [9.17, 15) is 31.9 Å². The number of hydrogen-bond acceptors (Lipinski definition) is 6. The zero-order valence-corrected chi connectivity index (χ0v) is 21.5. The van der Waals surface area contributed by atoms with Gasteiger partial charge in [0, 0.05) is 12.7 Å². The zero-order valence-electron chi connectivity index (χ0n) is 20.6. The van der Waals surface area contributed by atoms with Crippen LogP contribution in [-0.4, -0.2) is 57.8 Å². The number of halogens is 4. The summed E-state index contributed by atoms with van der Waals surface area (Å²) in [5.74, 6) is -4.59.